The molecule has 13 heavy (non-hydrogen) atoms. The van der Waals surface area contributed by atoms with E-state index in [9.17, 15) is 5.11 Å². The van der Waals surface area contributed by atoms with Crippen molar-refractivity contribution in [3.63, 3.8) is 0 Å². The minimum absolute atomic E-state index is 0.251. The standard InChI is InChI=1S/C10H24N2O/c1-5-9(3)12(4)8-10(13)7-11-6-2/h9-11,13H,5-8H2,1-4H3. The van der Waals surface area contributed by atoms with Gasteiger partial charge in [0, 0.05) is 19.1 Å². The summed E-state index contributed by atoms with van der Waals surface area (Å²) < 4.78 is 0. The fraction of sp³-hybridized carbons (Fsp3) is 1.00. The van der Waals surface area contributed by atoms with E-state index < -0.39 is 0 Å². The third-order valence-electron chi connectivity index (χ3n) is 2.47. The van der Waals surface area contributed by atoms with Gasteiger partial charge in [-0.1, -0.05) is 13.8 Å². The Morgan fingerprint density at radius 1 is 1.38 bits per heavy atom. The molecule has 3 nitrogen and oxygen atoms in total. The lowest BCUT2D eigenvalue weighted by molar-refractivity contribution is 0.106. The summed E-state index contributed by atoms with van der Waals surface area (Å²) in [5.41, 5.74) is 0. The number of aliphatic hydroxyl groups excluding tert-OH is 1. The maximum atomic E-state index is 9.59. The van der Waals surface area contributed by atoms with E-state index in [4.69, 9.17) is 0 Å². The summed E-state index contributed by atoms with van der Waals surface area (Å²) in [5.74, 6) is 0. The zero-order chi connectivity index (χ0) is 10.3. The van der Waals surface area contributed by atoms with Crippen LogP contribution in [0.1, 0.15) is 27.2 Å². The number of hydrogen-bond acceptors (Lipinski definition) is 3. The number of likely N-dealkylation sites (N-methyl/N-ethyl adjacent to an activating group) is 2. The molecule has 0 spiro atoms. The van der Waals surface area contributed by atoms with E-state index in [2.05, 4.69) is 31.1 Å². The molecule has 0 aliphatic rings. The van der Waals surface area contributed by atoms with Crippen LogP contribution in [-0.2, 0) is 0 Å². The fourth-order valence-electron chi connectivity index (χ4n) is 1.20. The molecule has 0 saturated heterocycles. The van der Waals surface area contributed by atoms with Crippen LogP contribution in [0.5, 0.6) is 0 Å². The van der Waals surface area contributed by atoms with Crippen LogP contribution in [0.4, 0.5) is 0 Å². The van der Waals surface area contributed by atoms with Crippen molar-refractivity contribution in [3.8, 4) is 0 Å². The largest absolute Gasteiger partial charge is 0.390 e. The van der Waals surface area contributed by atoms with Crippen LogP contribution in [-0.4, -0.2) is 48.8 Å². The second-order valence-corrected chi connectivity index (χ2v) is 3.66. The lowest BCUT2D eigenvalue weighted by Gasteiger charge is -2.26. The summed E-state index contributed by atoms with van der Waals surface area (Å²) in [6, 6.07) is 0.552. The Morgan fingerprint density at radius 2 is 2.00 bits per heavy atom. The maximum Gasteiger partial charge on any atom is 0.0791 e. The van der Waals surface area contributed by atoms with Crippen LogP contribution < -0.4 is 5.32 Å². The van der Waals surface area contributed by atoms with Gasteiger partial charge in [-0.3, -0.25) is 0 Å². The maximum absolute atomic E-state index is 9.59. The Morgan fingerprint density at radius 3 is 2.46 bits per heavy atom. The molecular weight excluding hydrogens is 164 g/mol. The topological polar surface area (TPSA) is 35.5 Å². The molecule has 0 aromatic rings. The van der Waals surface area contributed by atoms with Crippen molar-refractivity contribution in [2.75, 3.05) is 26.7 Å². The number of nitrogens with zero attached hydrogens (tertiary/aromatic N) is 1. The van der Waals surface area contributed by atoms with Gasteiger partial charge in [0.15, 0.2) is 0 Å². The summed E-state index contributed by atoms with van der Waals surface area (Å²) in [6.45, 7) is 8.76. The number of rotatable bonds is 7. The monoisotopic (exact) mass is 188 g/mol. The molecule has 2 N–H and O–H groups in total. The zero-order valence-electron chi connectivity index (χ0n) is 9.38. The van der Waals surface area contributed by atoms with E-state index in [1.807, 2.05) is 6.92 Å². The summed E-state index contributed by atoms with van der Waals surface area (Å²) in [6.07, 6.45) is 0.878. The van der Waals surface area contributed by atoms with Gasteiger partial charge in [-0.2, -0.15) is 0 Å². The Balaban J connectivity index is 3.57. The Labute approximate surface area is 82.1 Å². The van der Waals surface area contributed by atoms with Crippen LogP contribution in [0.25, 0.3) is 0 Å². The van der Waals surface area contributed by atoms with E-state index in [1.54, 1.807) is 0 Å². The molecule has 0 bridgehead atoms. The van der Waals surface area contributed by atoms with Crippen LogP contribution in [0.3, 0.4) is 0 Å². The Bertz CT molecular complexity index is 119. The fourth-order valence-corrected chi connectivity index (χ4v) is 1.20. The lowest BCUT2D eigenvalue weighted by Crippen LogP contribution is -2.40. The van der Waals surface area contributed by atoms with Crippen molar-refractivity contribution in [1.29, 1.82) is 0 Å². The summed E-state index contributed by atoms with van der Waals surface area (Å²) in [7, 11) is 2.06. The quantitative estimate of drug-likeness (QED) is 0.617. The molecule has 0 rings (SSSR count). The molecule has 80 valence electrons. The number of nitrogens with one attached hydrogen (secondary N) is 1. The third kappa shape index (κ3) is 6.02. The average molecular weight is 188 g/mol. The highest BCUT2D eigenvalue weighted by atomic mass is 16.3. The molecule has 3 heteroatoms. The Kier molecular flexibility index (Phi) is 7.23. The van der Waals surface area contributed by atoms with Crippen LogP contribution >= 0.6 is 0 Å². The first-order valence-corrected chi connectivity index (χ1v) is 5.20. The minimum Gasteiger partial charge on any atom is -0.390 e. The van der Waals surface area contributed by atoms with Crippen molar-refractivity contribution in [2.24, 2.45) is 0 Å². The van der Waals surface area contributed by atoms with Crippen LogP contribution in [0.15, 0.2) is 0 Å². The molecular formula is C10H24N2O. The molecule has 0 aromatic carbocycles. The highest BCUT2D eigenvalue weighted by molar-refractivity contribution is 4.67. The van der Waals surface area contributed by atoms with E-state index in [0.29, 0.717) is 12.6 Å². The smallest absolute Gasteiger partial charge is 0.0791 e. The van der Waals surface area contributed by atoms with Gasteiger partial charge in [-0.25, -0.2) is 0 Å². The highest BCUT2D eigenvalue weighted by Crippen LogP contribution is 2.00. The molecule has 0 aliphatic heterocycles. The zero-order valence-corrected chi connectivity index (χ0v) is 9.38. The molecule has 0 heterocycles. The van der Waals surface area contributed by atoms with Gasteiger partial charge >= 0.3 is 0 Å². The molecule has 0 radical (unpaired) electrons. The van der Waals surface area contributed by atoms with Crippen LogP contribution in [0, 0.1) is 0 Å². The molecule has 0 aromatic heterocycles. The second kappa shape index (κ2) is 7.30. The van der Waals surface area contributed by atoms with Crippen molar-refractivity contribution in [2.45, 2.75) is 39.3 Å². The highest BCUT2D eigenvalue weighted by Gasteiger charge is 2.11. The van der Waals surface area contributed by atoms with E-state index in [0.717, 1.165) is 19.5 Å². The first-order chi connectivity index (χ1) is 6.11. The summed E-state index contributed by atoms with van der Waals surface area (Å²) >= 11 is 0. The van der Waals surface area contributed by atoms with Gasteiger partial charge in [-0.15, -0.1) is 0 Å². The van der Waals surface area contributed by atoms with Gasteiger partial charge in [0.1, 0.15) is 0 Å². The number of hydrogen-bond donors (Lipinski definition) is 2. The van der Waals surface area contributed by atoms with Gasteiger partial charge in [0.25, 0.3) is 0 Å². The van der Waals surface area contributed by atoms with Gasteiger partial charge in [0.05, 0.1) is 6.10 Å². The average Bonchev–Trinajstić information content (AvgIpc) is 2.13. The van der Waals surface area contributed by atoms with Gasteiger partial charge < -0.3 is 15.3 Å². The Hall–Kier alpha value is -0.120. The first-order valence-electron chi connectivity index (χ1n) is 5.20. The third-order valence-corrected chi connectivity index (χ3v) is 2.47. The van der Waals surface area contributed by atoms with Gasteiger partial charge in [0.2, 0.25) is 0 Å². The molecule has 0 saturated carbocycles. The van der Waals surface area contributed by atoms with E-state index in [-0.39, 0.29) is 6.10 Å². The van der Waals surface area contributed by atoms with Gasteiger partial charge in [-0.05, 0) is 26.9 Å². The normalized spacial score (nSPS) is 16.2. The van der Waals surface area contributed by atoms with Crippen molar-refractivity contribution < 1.29 is 5.11 Å². The summed E-state index contributed by atoms with van der Waals surface area (Å²) in [5, 5.41) is 12.7. The molecule has 0 aliphatic carbocycles. The van der Waals surface area contributed by atoms with Crippen molar-refractivity contribution >= 4 is 0 Å². The number of aliphatic hydroxyl groups is 1. The molecule has 0 amide bonds. The molecule has 2 unspecified atom stereocenters. The second-order valence-electron chi connectivity index (χ2n) is 3.66. The SMILES string of the molecule is CCNCC(O)CN(C)C(C)CC. The van der Waals surface area contributed by atoms with Crippen molar-refractivity contribution in [1.82, 2.24) is 10.2 Å². The van der Waals surface area contributed by atoms with E-state index >= 15 is 0 Å². The minimum atomic E-state index is -0.251. The molecule has 0 fully saturated rings. The predicted octanol–water partition coefficient (Wildman–Crippen LogP) is 0.687. The van der Waals surface area contributed by atoms with Crippen molar-refractivity contribution in [3.05, 3.63) is 0 Å². The van der Waals surface area contributed by atoms with E-state index in [1.165, 1.54) is 0 Å². The predicted molar refractivity (Wildman–Crippen MR) is 56.9 cm³/mol. The molecule has 2 atom stereocenters. The first kappa shape index (κ1) is 12.9. The van der Waals surface area contributed by atoms with Crippen LogP contribution in [0.2, 0.25) is 0 Å². The lowest BCUT2D eigenvalue weighted by atomic mass is 10.2. The summed E-state index contributed by atoms with van der Waals surface area (Å²) in [4.78, 5) is 2.20.